The number of benzene rings is 2. The lowest BCUT2D eigenvalue weighted by molar-refractivity contribution is 0.102. The van der Waals surface area contributed by atoms with Gasteiger partial charge in [-0.05, 0) is 43.7 Å². The number of nitrogens with one attached hydrogen (secondary N) is 1. The average molecular weight is 353 g/mol. The summed E-state index contributed by atoms with van der Waals surface area (Å²) in [5.74, 6) is 0.965. The normalized spacial score (nSPS) is 10.5. The van der Waals surface area contributed by atoms with Crippen LogP contribution < -0.4 is 14.8 Å². The highest BCUT2D eigenvalue weighted by molar-refractivity contribution is 6.03. The van der Waals surface area contributed by atoms with Gasteiger partial charge in [0.25, 0.3) is 5.91 Å². The van der Waals surface area contributed by atoms with E-state index in [2.05, 4.69) is 15.5 Å². The molecule has 0 aliphatic carbocycles. The summed E-state index contributed by atoms with van der Waals surface area (Å²) < 4.78 is 15.9. The molecular weight excluding hydrogens is 334 g/mol. The molecule has 0 aliphatic rings. The molecule has 134 valence electrons. The second kappa shape index (κ2) is 7.26. The van der Waals surface area contributed by atoms with Crippen LogP contribution in [0.5, 0.6) is 11.5 Å². The van der Waals surface area contributed by atoms with E-state index in [1.54, 1.807) is 18.2 Å². The van der Waals surface area contributed by atoms with Gasteiger partial charge < -0.3 is 13.9 Å². The number of carbonyl (C=O) groups is 1. The molecule has 1 aromatic heterocycles. The number of nitrogens with zero attached hydrogens (tertiary/aromatic N) is 2. The molecule has 0 radical (unpaired) electrons. The number of hydrogen-bond acceptors (Lipinski definition) is 6. The highest BCUT2D eigenvalue weighted by Crippen LogP contribution is 2.28. The summed E-state index contributed by atoms with van der Waals surface area (Å²) in [4.78, 5) is 12.4. The third-order valence-electron chi connectivity index (χ3n) is 3.90. The summed E-state index contributed by atoms with van der Waals surface area (Å²) >= 11 is 0. The smallest absolute Gasteiger partial charge is 0.322 e. The fraction of sp³-hybridized carbons (Fsp3) is 0.211. The van der Waals surface area contributed by atoms with Crippen molar-refractivity contribution in [2.45, 2.75) is 13.8 Å². The Morgan fingerprint density at radius 2 is 1.77 bits per heavy atom. The molecule has 3 rings (SSSR count). The van der Waals surface area contributed by atoms with Crippen LogP contribution in [0.25, 0.3) is 11.5 Å². The quantitative estimate of drug-likeness (QED) is 0.754. The van der Waals surface area contributed by atoms with Gasteiger partial charge >= 0.3 is 6.01 Å². The number of carbonyl (C=O) groups excluding carboxylic acids is 1. The van der Waals surface area contributed by atoms with E-state index in [0.29, 0.717) is 23.0 Å². The SMILES string of the molecule is COc1ccc(C(=O)Nc2nnc(-c3ccc(C)cc3C)o2)cc1OC. The first-order valence-corrected chi connectivity index (χ1v) is 7.96. The number of ether oxygens (including phenoxy) is 2. The molecule has 0 saturated carbocycles. The van der Waals surface area contributed by atoms with Crippen molar-refractivity contribution in [1.82, 2.24) is 10.2 Å². The van der Waals surface area contributed by atoms with E-state index < -0.39 is 0 Å². The largest absolute Gasteiger partial charge is 0.493 e. The Balaban J connectivity index is 1.79. The molecule has 3 aromatic rings. The van der Waals surface area contributed by atoms with E-state index in [9.17, 15) is 4.79 Å². The Morgan fingerprint density at radius 3 is 2.46 bits per heavy atom. The van der Waals surface area contributed by atoms with Crippen molar-refractivity contribution in [1.29, 1.82) is 0 Å². The van der Waals surface area contributed by atoms with Gasteiger partial charge in [0, 0.05) is 11.1 Å². The summed E-state index contributed by atoms with van der Waals surface area (Å²) in [7, 11) is 3.04. The van der Waals surface area contributed by atoms with Crippen molar-refractivity contribution in [3.05, 3.63) is 53.1 Å². The molecule has 1 heterocycles. The molecule has 2 aromatic carbocycles. The summed E-state index contributed by atoms with van der Waals surface area (Å²) in [6, 6.07) is 10.8. The van der Waals surface area contributed by atoms with Gasteiger partial charge in [0.05, 0.1) is 14.2 Å². The fourth-order valence-electron chi connectivity index (χ4n) is 2.58. The van der Waals surface area contributed by atoms with Crippen molar-refractivity contribution in [3.63, 3.8) is 0 Å². The lowest BCUT2D eigenvalue weighted by Gasteiger charge is -2.08. The Labute approximate surface area is 151 Å². The number of aromatic nitrogens is 2. The molecule has 0 fully saturated rings. The number of rotatable bonds is 5. The van der Waals surface area contributed by atoms with Crippen LogP contribution >= 0.6 is 0 Å². The molecular formula is C19H19N3O4. The van der Waals surface area contributed by atoms with E-state index in [-0.39, 0.29) is 11.9 Å². The minimum Gasteiger partial charge on any atom is -0.493 e. The van der Waals surface area contributed by atoms with Crippen molar-refractivity contribution in [2.24, 2.45) is 0 Å². The molecule has 0 aliphatic heterocycles. The summed E-state index contributed by atoms with van der Waals surface area (Å²) in [6.45, 7) is 3.98. The van der Waals surface area contributed by atoms with E-state index in [1.807, 2.05) is 32.0 Å². The van der Waals surface area contributed by atoms with Gasteiger partial charge in [-0.3, -0.25) is 10.1 Å². The molecule has 0 atom stereocenters. The Hall–Kier alpha value is -3.35. The lowest BCUT2D eigenvalue weighted by Crippen LogP contribution is -2.12. The minimum atomic E-state index is -0.387. The van der Waals surface area contributed by atoms with Crippen molar-refractivity contribution >= 4 is 11.9 Å². The molecule has 7 heteroatoms. The third kappa shape index (κ3) is 3.51. The highest BCUT2D eigenvalue weighted by Gasteiger charge is 2.15. The van der Waals surface area contributed by atoms with Crippen LogP contribution in [-0.4, -0.2) is 30.3 Å². The monoisotopic (exact) mass is 353 g/mol. The van der Waals surface area contributed by atoms with E-state index in [0.717, 1.165) is 16.7 Å². The number of aryl methyl sites for hydroxylation is 2. The maximum absolute atomic E-state index is 12.4. The van der Waals surface area contributed by atoms with Crippen LogP contribution in [-0.2, 0) is 0 Å². The van der Waals surface area contributed by atoms with Crippen molar-refractivity contribution < 1.29 is 18.7 Å². The number of anilines is 1. The Morgan fingerprint density at radius 1 is 1.00 bits per heavy atom. The van der Waals surface area contributed by atoms with E-state index >= 15 is 0 Å². The van der Waals surface area contributed by atoms with Crippen molar-refractivity contribution in [3.8, 4) is 23.0 Å². The zero-order valence-corrected chi connectivity index (χ0v) is 15.0. The molecule has 7 nitrogen and oxygen atoms in total. The number of amides is 1. The zero-order chi connectivity index (χ0) is 18.7. The van der Waals surface area contributed by atoms with Gasteiger partial charge in [-0.1, -0.05) is 22.8 Å². The van der Waals surface area contributed by atoms with Gasteiger partial charge in [-0.15, -0.1) is 5.10 Å². The first kappa shape index (κ1) is 17.5. The minimum absolute atomic E-state index is 0.0276. The molecule has 26 heavy (non-hydrogen) atoms. The van der Waals surface area contributed by atoms with Gasteiger partial charge in [0.1, 0.15) is 0 Å². The predicted molar refractivity (Wildman–Crippen MR) is 96.7 cm³/mol. The molecule has 0 bridgehead atoms. The fourth-order valence-corrected chi connectivity index (χ4v) is 2.58. The Bertz CT molecular complexity index is 950. The van der Waals surface area contributed by atoms with E-state index in [4.69, 9.17) is 13.9 Å². The van der Waals surface area contributed by atoms with Crippen LogP contribution in [0.3, 0.4) is 0 Å². The first-order chi connectivity index (χ1) is 12.5. The zero-order valence-electron chi connectivity index (χ0n) is 15.0. The second-order valence-corrected chi connectivity index (χ2v) is 5.75. The molecule has 0 unspecified atom stereocenters. The highest BCUT2D eigenvalue weighted by atomic mass is 16.5. The summed E-state index contributed by atoms with van der Waals surface area (Å²) in [5, 5.41) is 10.5. The summed E-state index contributed by atoms with van der Waals surface area (Å²) in [6.07, 6.45) is 0. The van der Waals surface area contributed by atoms with Crippen LogP contribution in [0.15, 0.2) is 40.8 Å². The standard InChI is InChI=1S/C19H19N3O4/c1-11-5-7-14(12(2)9-11)18-21-22-19(26-18)20-17(23)13-6-8-15(24-3)16(10-13)25-4/h5-10H,1-4H3,(H,20,22,23). The Kier molecular flexibility index (Phi) is 4.88. The summed E-state index contributed by atoms with van der Waals surface area (Å²) in [5.41, 5.74) is 3.38. The van der Waals surface area contributed by atoms with Crippen LogP contribution in [0.1, 0.15) is 21.5 Å². The lowest BCUT2D eigenvalue weighted by atomic mass is 10.1. The van der Waals surface area contributed by atoms with Gasteiger partial charge in [-0.25, -0.2) is 0 Å². The predicted octanol–water partition coefficient (Wildman–Crippen LogP) is 3.62. The van der Waals surface area contributed by atoms with Crippen LogP contribution in [0, 0.1) is 13.8 Å². The van der Waals surface area contributed by atoms with Crippen molar-refractivity contribution in [2.75, 3.05) is 19.5 Å². The molecule has 0 saturated heterocycles. The molecule has 1 amide bonds. The molecule has 0 spiro atoms. The van der Waals surface area contributed by atoms with E-state index in [1.165, 1.54) is 14.2 Å². The topological polar surface area (TPSA) is 86.5 Å². The van der Waals surface area contributed by atoms with Gasteiger partial charge in [0.15, 0.2) is 11.5 Å². The van der Waals surface area contributed by atoms with Crippen LogP contribution in [0.2, 0.25) is 0 Å². The first-order valence-electron chi connectivity index (χ1n) is 7.96. The number of hydrogen-bond donors (Lipinski definition) is 1. The van der Waals surface area contributed by atoms with Gasteiger partial charge in [0.2, 0.25) is 5.89 Å². The maximum Gasteiger partial charge on any atom is 0.322 e. The average Bonchev–Trinajstić information content (AvgIpc) is 3.09. The van der Waals surface area contributed by atoms with Gasteiger partial charge in [-0.2, -0.15) is 0 Å². The maximum atomic E-state index is 12.4. The third-order valence-corrected chi connectivity index (χ3v) is 3.90. The number of methoxy groups -OCH3 is 2. The molecule has 1 N–H and O–H groups in total. The second-order valence-electron chi connectivity index (χ2n) is 5.75. The van der Waals surface area contributed by atoms with Crippen LogP contribution in [0.4, 0.5) is 6.01 Å².